The fraction of sp³-hybridized carbons (Fsp3) is 0.471. The maximum Gasteiger partial charge on any atom is 0.261 e. The predicted octanol–water partition coefficient (Wildman–Crippen LogP) is 3.00. The van der Waals surface area contributed by atoms with Gasteiger partial charge in [-0.05, 0) is 50.1 Å². The van der Waals surface area contributed by atoms with Crippen molar-refractivity contribution in [1.82, 2.24) is 18.8 Å². The average Bonchev–Trinajstić information content (AvgIpc) is 3.52. The number of benzene rings is 2. The summed E-state index contributed by atoms with van der Waals surface area (Å²) in [7, 11) is -0.771. The van der Waals surface area contributed by atoms with Crippen molar-refractivity contribution in [3.8, 4) is 5.75 Å². The summed E-state index contributed by atoms with van der Waals surface area (Å²) < 4.78 is 35.7. The van der Waals surface area contributed by atoms with Crippen LogP contribution < -0.4 is 21.1 Å². The van der Waals surface area contributed by atoms with Gasteiger partial charge in [0.15, 0.2) is 5.03 Å². The summed E-state index contributed by atoms with van der Waals surface area (Å²) in [6.45, 7) is 3.60. The number of ether oxygens (including phenoxy) is 1. The van der Waals surface area contributed by atoms with Crippen LogP contribution in [-0.2, 0) is 37.9 Å². The average molecular weight is 698 g/mol. The Kier molecular flexibility index (Phi) is 12.8. The molecule has 0 spiro atoms. The first-order valence-corrected chi connectivity index (χ1v) is 17.8. The number of nitrogens with two attached hydrogens (primary N) is 1. The molecule has 3 aromatic rings. The van der Waals surface area contributed by atoms with Gasteiger partial charge in [-0.25, -0.2) is 13.4 Å². The standard InChI is InChI=1S/C34H47N7O7S/c1-23-18-41(24(2)21-42)34(45)17-25-16-26(37-31(43)12-6-5-7-13-32(44)38-28-11-9-8-10-27(28)35)14-15-29(25)48-30(23)19-40(4)49(46,47)33-20-39(3)22-36-33/h8-11,14-16,20,22-24,30,42H,5-7,12-13,17-19,21,35H2,1-4H3,(H,37,43)(H,38,44)/t23-,24-,30+/m0/s1. The number of hydrogen-bond acceptors (Lipinski definition) is 9. The van der Waals surface area contributed by atoms with Gasteiger partial charge in [-0.1, -0.05) is 25.5 Å². The SMILES string of the molecule is C[C@H]1CN([C@@H](C)CO)C(=O)Cc2cc(NC(=O)CCCCCC(=O)Nc3ccccc3N)ccc2O[C@@H]1CN(C)S(=O)(=O)c1cn(C)cn1. The minimum Gasteiger partial charge on any atom is -0.488 e. The zero-order valence-electron chi connectivity index (χ0n) is 28.5. The number of para-hydroxylation sites is 2. The first-order chi connectivity index (χ1) is 23.3. The number of anilines is 3. The second-order valence-electron chi connectivity index (χ2n) is 12.6. The smallest absolute Gasteiger partial charge is 0.261 e. The monoisotopic (exact) mass is 697 g/mol. The van der Waals surface area contributed by atoms with Crippen LogP contribution in [-0.4, -0.2) is 88.9 Å². The number of rotatable bonds is 14. The van der Waals surface area contributed by atoms with Crippen molar-refractivity contribution >= 4 is 44.8 Å². The number of fused-ring (bicyclic) bond motifs is 1. The van der Waals surface area contributed by atoms with E-state index >= 15 is 0 Å². The van der Waals surface area contributed by atoms with Crippen molar-refractivity contribution < 1.29 is 32.6 Å². The predicted molar refractivity (Wildman–Crippen MR) is 186 cm³/mol. The van der Waals surface area contributed by atoms with E-state index in [2.05, 4.69) is 15.6 Å². The van der Waals surface area contributed by atoms with E-state index in [0.717, 1.165) is 0 Å². The summed E-state index contributed by atoms with van der Waals surface area (Å²) in [5.41, 5.74) is 7.96. The third-order valence-corrected chi connectivity index (χ3v) is 10.2. The zero-order valence-corrected chi connectivity index (χ0v) is 29.3. The number of nitrogen functional groups attached to an aromatic ring is 1. The molecule has 0 unspecified atom stereocenters. The number of amides is 3. The van der Waals surface area contributed by atoms with E-state index in [1.165, 1.54) is 23.9 Å². The van der Waals surface area contributed by atoms with Gasteiger partial charge in [-0.15, -0.1) is 0 Å². The Morgan fingerprint density at radius 1 is 1.12 bits per heavy atom. The molecule has 2 heterocycles. The lowest BCUT2D eigenvalue weighted by Crippen LogP contribution is -2.48. The molecule has 266 valence electrons. The van der Waals surface area contributed by atoms with Crippen LogP contribution in [0.4, 0.5) is 17.1 Å². The molecule has 14 nitrogen and oxygen atoms in total. The van der Waals surface area contributed by atoms with Gasteiger partial charge in [-0.3, -0.25) is 14.4 Å². The number of nitrogens with one attached hydrogen (secondary N) is 2. The fourth-order valence-corrected chi connectivity index (χ4v) is 6.70. The van der Waals surface area contributed by atoms with Crippen molar-refractivity contribution in [3.63, 3.8) is 0 Å². The van der Waals surface area contributed by atoms with E-state index in [0.29, 0.717) is 54.1 Å². The summed E-state index contributed by atoms with van der Waals surface area (Å²) >= 11 is 0. The van der Waals surface area contributed by atoms with Crippen LogP contribution in [0.3, 0.4) is 0 Å². The Hall–Kier alpha value is -4.47. The molecule has 49 heavy (non-hydrogen) atoms. The minimum absolute atomic E-state index is 0.0183. The Morgan fingerprint density at radius 2 is 1.82 bits per heavy atom. The number of nitrogens with zero attached hydrogens (tertiary/aromatic N) is 4. The number of unbranched alkanes of at least 4 members (excludes halogenated alkanes) is 2. The topological polar surface area (TPSA) is 189 Å². The van der Waals surface area contributed by atoms with Crippen LogP contribution in [0.2, 0.25) is 0 Å². The van der Waals surface area contributed by atoms with Gasteiger partial charge < -0.3 is 35.7 Å². The quantitative estimate of drug-likeness (QED) is 0.145. The van der Waals surface area contributed by atoms with Crippen molar-refractivity contribution in [1.29, 1.82) is 0 Å². The van der Waals surface area contributed by atoms with Crippen LogP contribution in [0.15, 0.2) is 60.0 Å². The third kappa shape index (κ3) is 10.0. The Bertz CT molecular complexity index is 1730. The summed E-state index contributed by atoms with van der Waals surface area (Å²) in [6.07, 6.45) is 4.58. The Balaban J connectivity index is 1.40. The van der Waals surface area contributed by atoms with Crippen molar-refractivity contribution in [3.05, 3.63) is 60.6 Å². The molecule has 15 heteroatoms. The summed E-state index contributed by atoms with van der Waals surface area (Å²) in [5.74, 6) is -0.482. The molecule has 2 aromatic carbocycles. The normalized spacial score (nSPS) is 17.3. The van der Waals surface area contributed by atoms with Crippen molar-refractivity contribution in [2.24, 2.45) is 13.0 Å². The molecule has 0 fully saturated rings. The van der Waals surface area contributed by atoms with E-state index in [-0.39, 0.29) is 61.2 Å². The van der Waals surface area contributed by atoms with Gasteiger partial charge in [0.1, 0.15) is 11.9 Å². The highest BCUT2D eigenvalue weighted by molar-refractivity contribution is 7.89. The molecule has 4 rings (SSSR count). The van der Waals surface area contributed by atoms with Crippen LogP contribution in [0.1, 0.15) is 51.5 Å². The van der Waals surface area contributed by atoms with Crippen molar-refractivity contribution in [2.45, 2.75) is 69.5 Å². The highest BCUT2D eigenvalue weighted by Crippen LogP contribution is 2.30. The molecule has 3 amide bonds. The summed E-state index contributed by atoms with van der Waals surface area (Å²) in [6, 6.07) is 11.6. The Labute approximate surface area is 287 Å². The number of likely N-dealkylation sites (N-methyl/N-ethyl adjacent to an activating group) is 1. The molecule has 1 aromatic heterocycles. The summed E-state index contributed by atoms with van der Waals surface area (Å²) in [5, 5.41) is 15.5. The van der Waals surface area contributed by atoms with E-state index < -0.39 is 22.2 Å². The number of carbonyl (C=O) groups excluding carboxylic acids is 3. The van der Waals surface area contributed by atoms with Crippen molar-refractivity contribution in [2.75, 3.05) is 43.1 Å². The van der Waals surface area contributed by atoms with Gasteiger partial charge in [0, 0.05) is 56.8 Å². The Morgan fingerprint density at radius 3 is 2.47 bits per heavy atom. The lowest BCUT2D eigenvalue weighted by atomic mass is 10.0. The van der Waals surface area contributed by atoms with Gasteiger partial charge in [-0.2, -0.15) is 4.31 Å². The molecule has 0 aliphatic carbocycles. The number of imidazole rings is 1. The van der Waals surface area contributed by atoms with E-state index in [4.69, 9.17) is 10.5 Å². The minimum atomic E-state index is -3.92. The highest BCUT2D eigenvalue weighted by Gasteiger charge is 2.34. The number of aromatic nitrogens is 2. The maximum absolute atomic E-state index is 13.5. The molecular weight excluding hydrogens is 650 g/mol. The molecule has 0 saturated heterocycles. The molecule has 5 N–H and O–H groups in total. The maximum atomic E-state index is 13.5. The largest absolute Gasteiger partial charge is 0.488 e. The van der Waals surface area contributed by atoms with Crippen LogP contribution in [0.5, 0.6) is 5.75 Å². The molecule has 0 radical (unpaired) electrons. The van der Waals surface area contributed by atoms with Crippen LogP contribution in [0, 0.1) is 5.92 Å². The third-order valence-electron chi connectivity index (χ3n) is 8.54. The molecule has 0 saturated carbocycles. The molecular formula is C34H47N7O7S. The van der Waals surface area contributed by atoms with E-state index in [1.54, 1.807) is 65.9 Å². The molecule has 3 atom stereocenters. The van der Waals surface area contributed by atoms with E-state index in [1.807, 2.05) is 6.92 Å². The fourth-order valence-electron chi connectivity index (χ4n) is 5.55. The van der Waals surface area contributed by atoms with E-state index in [9.17, 15) is 27.9 Å². The molecule has 1 aliphatic rings. The zero-order chi connectivity index (χ0) is 35.7. The van der Waals surface area contributed by atoms with Gasteiger partial charge in [0.2, 0.25) is 17.7 Å². The number of sulfonamides is 1. The van der Waals surface area contributed by atoms with Crippen LogP contribution >= 0.6 is 0 Å². The second kappa shape index (κ2) is 16.8. The number of aryl methyl sites for hydroxylation is 1. The first-order valence-electron chi connectivity index (χ1n) is 16.4. The number of carbonyl (C=O) groups is 3. The summed E-state index contributed by atoms with van der Waals surface area (Å²) in [4.78, 5) is 44.2. The number of hydrogen-bond donors (Lipinski definition) is 4. The second-order valence-corrected chi connectivity index (χ2v) is 14.6. The van der Waals surface area contributed by atoms with Crippen LogP contribution in [0.25, 0.3) is 0 Å². The van der Waals surface area contributed by atoms with Gasteiger partial charge in [0.25, 0.3) is 10.0 Å². The lowest BCUT2D eigenvalue weighted by molar-refractivity contribution is -0.134. The van der Waals surface area contributed by atoms with Gasteiger partial charge >= 0.3 is 0 Å². The first kappa shape index (κ1) is 37.4. The lowest BCUT2D eigenvalue weighted by Gasteiger charge is -2.33. The van der Waals surface area contributed by atoms with Gasteiger partial charge in [0.05, 0.1) is 43.3 Å². The highest BCUT2D eigenvalue weighted by atomic mass is 32.2. The molecule has 1 aliphatic heterocycles. The number of aliphatic hydroxyl groups is 1. The molecule has 0 bridgehead atoms. The number of aliphatic hydroxyl groups excluding tert-OH is 1.